The van der Waals surface area contributed by atoms with Crippen molar-refractivity contribution in [1.82, 2.24) is 4.98 Å². The smallest absolute Gasteiger partial charge is 0.130 e. The highest BCUT2D eigenvalue weighted by atomic mass is 79.9. The molecule has 0 aliphatic carbocycles. The number of hydrogen-bond acceptors (Lipinski definition) is 3. The van der Waals surface area contributed by atoms with Crippen LogP contribution in [0, 0.1) is 0 Å². The van der Waals surface area contributed by atoms with Gasteiger partial charge in [-0.05, 0) is 24.6 Å². The molecule has 0 atom stereocenters. The minimum absolute atomic E-state index is 0.456. The first-order valence-electron chi connectivity index (χ1n) is 6.68. The predicted octanol–water partition coefficient (Wildman–Crippen LogP) is 4.34. The van der Waals surface area contributed by atoms with Crippen molar-refractivity contribution in [2.75, 3.05) is 6.61 Å². The molecule has 0 spiro atoms. The number of ether oxygens (including phenoxy) is 2. The van der Waals surface area contributed by atoms with Gasteiger partial charge >= 0.3 is 0 Å². The maximum atomic E-state index is 5.86. The Morgan fingerprint density at radius 1 is 1.15 bits per heavy atom. The highest BCUT2D eigenvalue weighted by Crippen LogP contribution is 2.27. The van der Waals surface area contributed by atoms with Crippen LogP contribution in [0.5, 0.6) is 11.5 Å². The van der Waals surface area contributed by atoms with E-state index in [1.807, 2.05) is 36.4 Å². The molecule has 3 nitrogen and oxygen atoms in total. The van der Waals surface area contributed by atoms with Crippen LogP contribution in [0.25, 0.3) is 0 Å². The summed E-state index contributed by atoms with van der Waals surface area (Å²) in [7, 11) is 0. The molecule has 0 aliphatic rings. The van der Waals surface area contributed by atoms with Crippen LogP contribution < -0.4 is 9.47 Å². The summed E-state index contributed by atoms with van der Waals surface area (Å²) in [5.41, 5.74) is 2.01. The van der Waals surface area contributed by atoms with Gasteiger partial charge in [0.2, 0.25) is 0 Å². The topological polar surface area (TPSA) is 31.4 Å². The van der Waals surface area contributed by atoms with Crippen LogP contribution in [0.15, 0.2) is 42.6 Å². The molecule has 1 aromatic carbocycles. The third-order valence-electron chi connectivity index (χ3n) is 2.76. The monoisotopic (exact) mass is 335 g/mol. The van der Waals surface area contributed by atoms with Crippen molar-refractivity contribution in [3.8, 4) is 11.5 Å². The van der Waals surface area contributed by atoms with Crippen molar-refractivity contribution in [3.63, 3.8) is 0 Å². The molecule has 2 rings (SSSR count). The number of hydrogen-bond donors (Lipinski definition) is 0. The minimum Gasteiger partial charge on any atom is -0.493 e. The fourth-order valence-corrected chi connectivity index (χ4v) is 2.19. The minimum atomic E-state index is 0.456. The first kappa shape index (κ1) is 14.9. The van der Waals surface area contributed by atoms with Crippen molar-refractivity contribution < 1.29 is 9.47 Å². The fourth-order valence-electron chi connectivity index (χ4n) is 1.72. The van der Waals surface area contributed by atoms with Crippen molar-refractivity contribution in [2.45, 2.75) is 25.3 Å². The Hall–Kier alpha value is -1.55. The van der Waals surface area contributed by atoms with Gasteiger partial charge in [0.25, 0.3) is 0 Å². The van der Waals surface area contributed by atoms with Crippen LogP contribution >= 0.6 is 15.9 Å². The first-order valence-corrected chi connectivity index (χ1v) is 7.80. The molecule has 2 aromatic rings. The summed E-state index contributed by atoms with van der Waals surface area (Å²) in [4.78, 5) is 4.25. The van der Waals surface area contributed by atoms with Gasteiger partial charge in [0, 0.05) is 23.2 Å². The number of rotatable bonds is 7. The van der Waals surface area contributed by atoms with Crippen molar-refractivity contribution >= 4 is 15.9 Å². The van der Waals surface area contributed by atoms with Crippen LogP contribution in [0.2, 0.25) is 0 Å². The quantitative estimate of drug-likeness (QED) is 0.705. The predicted molar refractivity (Wildman–Crippen MR) is 83.4 cm³/mol. The van der Waals surface area contributed by atoms with Crippen LogP contribution in [0.3, 0.4) is 0 Å². The van der Waals surface area contributed by atoms with E-state index in [1.54, 1.807) is 6.20 Å². The molecule has 0 bridgehead atoms. The van der Waals surface area contributed by atoms with E-state index < -0.39 is 0 Å². The van der Waals surface area contributed by atoms with Gasteiger partial charge in [-0.2, -0.15) is 0 Å². The number of nitrogens with zero attached hydrogens (tertiary/aromatic N) is 1. The molecule has 106 valence electrons. The van der Waals surface area contributed by atoms with Gasteiger partial charge in [0.1, 0.15) is 18.1 Å². The van der Waals surface area contributed by atoms with Gasteiger partial charge in [0.15, 0.2) is 0 Å². The Morgan fingerprint density at radius 2 is 2.05 bits per heavy atom. The summed E-state index contributed by atoms with van der Waals surface area (Å²) in [6, 6.07) is 11.7. The molecule has 0 N–H and O–H groups in total. The molecule has 0 saturated carbocycles. The number of alkyl halides is 1. The number of aromatic nitrogens is 1. The van der Waals surface area contributed by atoms with Gasteiger partial charge < -0.3 is 9.47 Å². The first-order chi connectivity index (χ1) is 9.83. The molecule has 0 aliphatic heterocycles. The normalized spacial score (nSPS) is 10.3. The van der Waals surface area contributed by atoms with Gasteiger partial charge in [-0.1, -0.05) is 35.0 Å². The molecule has 1 aromatic heterocycles. The van der Waals surface area contributed by atoms with E-state index in [-0.39, 0.29) is 0 Å². The number of pyridine rings is 1. The Bertz CT molecular complexity index is 531. The second kappa shape index (κ2) is 7.90. The van der Waals surface area contributed by atoms with Crippen LogP contribution in [-0.4, -0.2) is 11.6 Å². The van der Waals surface area contributed by atoms with Crippen LogP contribution in [0.4, 0.5) is 0 Å². The Kier molecular flexibility index (Phi) is 5.87. The Morgan fingerprint density at radius 3 is 2.75 bits per heavy atom. The lowest BCUT2D eigenvalue weighted by atomic mass is 10.2. The summed E-state index contributed by atoms with van der Waals surface area (Å²) < 4.78 is 11.5. The Balaban J connectivity index is 2.07. The van der Waals surface area contributed by atoms with E-state index in [2.05, 4.69) is 27.8 Å². The summed E-state index contributed by atoms with van der Waals surface area (Å²) in [6.07, 6.45) is 2.76. The maximum absolute atomic E-state index is 5.86. The SMILES string of the molecule is CCCOc1ccc(CBr)c(OCc2ccccn2)c1. The molecule has 0 unspecified atom stereocenters. The molecule has 0 radical (unpaired) electrons. The lowest BCUT2D eigenvalue weighted by Gasteiger charge is -2.12. The highest BCUT2D eigenvalue weighted by molar-refractivity contribution is 9.08. The van der Waals surface area contributed by atoms with E-state index in [1.165, 1.54) is 0 Å². The molecule has 0 amide bonds. The lowest BCUT2D eigenvalue weighted by Crippen LogP contribution is -2.01. The molecule has 0 saturated heterocycles. The van der Waals surface area contributed by atoms with E-state index in [9.17, 15) is 0 Å². The zero-order valence-corrected chi connectivity index (χ0v) is 13.1. The largest absolute Gasteiger partial charge is 0.493 e. The summed E-state index contributed by atoms with van der Waals surface area (Å²) in [5, 5.41) is 0.749. The Labute approximate surface area is 128 Å². The maximum Gasteiger partial charge on any atom is 0.130 e. The zero-order chi connectivity index (χ0) is 14.2. The summed E-state index contributed by atoms with van der Waals surface area (Å²) in [6.45, 7) is 3.26. The third kappa shape index (κ3) is 4.23. The second-order valence-corrected chi connectivity index (χ2v) is 4.92. The van der Waals surface area contributed by atoms with Gasteiger partial charge in [-0.3, -0.25) is 4.98 Å². The van der Waals surface area contributed by atoms with Crippen molar-refractivity contribution in [3.05, 3.63) is 53.9 Å². The average molecular weight is 336 g/mol. The van der Waals surface area contributed by atoms with Gasteiger partial charge in [-0.15, -0.1) is 0 Å². The van der Waals surface area contributed by atoms with Crippen molar-refractivity contribution in [2.24, 2.45) is 0 Å². The van der Waals surface area contributed by atoms with Crippen LogP contribution in [0.1, 0.15) is 24.6 Å². The zero-order valence-electron chi connectivity index (χ0n) is 11.5. The highest BCUT2D eigenvalue weighted by Gasteiger charge is 2.06. The van der Waals surface area contributed by atoms with E-state index in [0.717, 1.165) is 34.5 Å². The lowest BCUT2D eigenvalue weighted by molar-refractivity contribution is 0.290. The molecular weight excluding hydrogens is 318 g/mol. The second-order valence-electron chi connectivity index (χ2n) is 4.36. The molecule has 4 heteroatoms. The molecule has 0 fully saturated rings. The van der Waals surface area contributed by atoms with E-state index in [0.29, 0.717) is 13.2 Å². The molecule has 20 heavy (non-hydrogen) atoms. The van der Waals surface area contributed by atoms with Crippen molar-refractivity contribution in [1.29, 1.82) is 0 Å². The summed E-state index contributed by atoms with van der Waals surface area (Å²) >= 11 is 3.48. The molecular formula is C16H18BrNO2. The van der Waals surface area contributed by atoms with Gasteiger partial charge in [0.05, 0.1) is 12.3 Å². The van der Waals surface area contributed by atoms with E-state index in [4.69, 9.17) is 9.47 Å². The number of benzene rings is 1. The third-order valence-corrected chi connectivity index (χ3v) is 3.36. The standard InChI is InChI=1S/C16H18BrNO2/c1-2-9-19-15-7-6-13(11-17)16(10-15)20-12-14-5-3-4-8-18-14/h3-8,10H,2,9,11-12H2,1H3. The van der Waals surface area contributed by atoms with Gasteiger partial charge in [-0.25, -0.2) is 0 Å². The molecule has 1 heterocycles. The van der Waals surface area contributed by atoms with Crippen LogP contribution in [-0.2, 0) is 11.9 Å². The fraction of sp³-hybridized carbons (Fsp3) is 0.312. The number of halogens is 1. The van der Waals surface area contributed by atoms with E-state index >= 15 is 0 Å². The average Bonchev–Trinajstić information content (AvgIpc) is 2.52. The summed E-state index contributed by atoms with van der Waals surface area (Å²) in [5.74, 6) is 1.67.